The van der Waals surface area contributed by atoms with Crippen molar-refractivity contribution in [3.8, 4) is 11.5 Å². The van der Waals surface area contributed by atoms with Gasteiger partial charge in [0.15, 0.2) is 11.5 Å². The number of anilines is 2. The Labute approximate surface area is 129 Å². The number of hydrogen-bond donors (Lipinski definition) is 1. The number of nitrogens with zero attached hydrogens (tertiary/aromatic N) is 1. The molecular formula is C16H18N2O4. The average molecular weight is 302 g/mol. The van der Waals surface area contributed by atoms with Crippen molar-refractivity contribution in [2.75, 3.05) is 26.4 Å². The molecule has 6 nitrogen and oxygen atoms in total. The molecule has 0 saturated heterocycles. The molecule has 0 aliphatic heterocycles. The van der Waals surface area contributed by atoms with E-state index in [1.54, 1.807) is 44.6 Å². The van der Waals surface area contributed by atoms with E-state index >= 15 is 0 Å². The van der Waals surface area contributed by atoms with Crippen LogP contribution in [0.15, 0.2) is 42.5 Å². The molecule has 0 radical (unpaired) electrons. The molecule has 0 spiro atoms. The number of methoxy groups -OCH3 is 2. The second-order valence-electron chi connectivity index (χ2n) is 4.40. The maximum atomic E-state index is 11.3. The van der Waals surface area contributed by atoms with Gasteiger partial charge in [-0.05, 0) is 30.3 Å². The lowest BCUT2D eigenvalue weighted by Crippen LogP contribution is -2.17. The third-order valence-electron chi connectivity index (χ3n) is 3.15. The number of amides is 1. The minimum Gasteiger partial charge on any atom is -0.493 e. The fourth-order valence-corrected chi connectivity index (χ4v) is 2.16. The lowest BCUT2D eigenvalue weighted by atomic mass is 10.1. The number of ether oxygens (including phenoxy) is 2. The van der Waals surface area contributed by atoms with Crippen molar-refractivity contribution in [2.45, 2.75) is 0 Å². The van der Waals surface area contributed by atoms with Crippen molar-refractivity contribution in [3.63, 3.8) is 0 Å². The van der Waals surface area contributed by atoms with E-state index in [0.29, 0.717) is 28.4 Å². The van der Waals surface area contributed by atoms with E-state index in [4.69, 9.17) is 20.0 Å². The molecule has 2 N–H and O–H groups in total. The Kier molecular flexibility index (Phi) is 4.85. The molecule has 1 amide bonds. The molecule has 116 valence electrons. The Bertz CT molecular complexity index is 673. The van der Waals surface area contributed by atoms with Crippen LogP contribution in [0, 0.1) is 0 Å². The molecule has 0 unspecified atom stereocenters. The summed E-state index contributed by atoms with van der Waals surface area (Å²) in [6, 6.07) is 12.2. The molecule has 0 atom stereocenters. The minimum absolute atomic E-state index is 0.390. The zero-order chi connectivity index (χ0) is 16.1. The molecule has 2 rings (SSSR count). The first kappa shape index (κ1) is 15.7. The molecule has 2 aromatic rings. The van der Waals surface area contributed by atoms with Crippen LogP contribution in [0.2, 0.25) is 0 Å². The Balaban J connectivity index is 2.53. The van der Waals surface area contributed by atoms with Crippen molar-refractivity contribution in [1.82, 2.24) is 0 Å². The van der Waals surface area contributed by atoms with Gasteiger partial charge in [0.1, 0.15) is 5.69 Å². The van der Waals surface area contributed by atoms with Crippen LogP contribution < -0.4 is 20.3 Å². The smallest absolute Gasteiger partial charge is 0.248 e. The molecule has 0 heterocycles. The highest BCUT2D eigenvalue weighted by Gasteiger charge is 2.18. The standard InChI is InChI=1S/C16H18N2O4/c1-20-14-9-5-8-13(15(14)21-2)18(22-3)12-7-4-6-11(10-12)16(17)19/h4-10H,1-3H3,(H2,17,19). The third-order valence-corrected chi connectivity index (χ3v) is 3.15. The number of carbonyl (C=O) groups excluding carboxylic acids is 1. The number of hydrogen-bond acceptors (Lipinski definition) is 5. The summed E-state index contributed by atoms with van der Waals surface area (Å²) in [7, 11) is 4.64. The van der Waals surface area contributed by atoms with Gasteiger partial charge in [0.25, 0.3) is 0 Å². The number of nitrogens with two attached hydrogens (primary N) is 1. The van der Waals surface area contributed by atoms with Crippen LogP contribution in [0.3, 0.4) is 0 Å². The Morgan fingerprint density at radius 1 is 1.05 bits per heavy atom. The maximum absolute atomic E-state index is 11.3. The van der Waals surface area contributed by atoms with Gasteiger partial charge in [0.2, 0.25) is 5.91 Å². The van der Waals surface area contributed by atoms with Crippen LogP contribution in [0.5, 0.6) is 11.5 Å². The lowest BCUT2D eigenvalue weighted by Gasteiger charge is -2.24. The van der Waals surface area contributed by atoms with E-state index < -0.39 is 5.91 Å². The fourth-order valence-electron chi connectivity index (χ4n) is 2.16. The summed E-state index contributed by atoms with van der Waals surface area (Å²) in [6.45, 7) is 0. The van der Waals surface area contributed by atoms with Gasteiger partial charge in [-0.15, -0.1) is 0 Å². The molecule has 2 aromatic carbocycles. The van der Waals surface area contributed by atoms with Gasteiger partial charge in [0, 0.05) is 5.56 Å². The van der Waals surface area contributed by atoms with E-state index in [0.717, 1.165) is 0 Å². The van der Waals surface area contributed by atoms with Crippen LogP contribution in [0.1, 0.15) is 10.4 Å². The summed E-state index contributed by atoms with van der Waals surface area (Å²) >= 11 is 0. The van der Waals surface area contributed by atoms with Crippen LogP contribution in [-0.4, -0.2) is 27.2 Å². The van der Waals surface area contributed by atoms with Crippen molar-refractivity contribution in [1.29, 1.82) is 0 Å². The van der Waals surface area contributed by atoms with Gasteiger partial charge in [-0.1, -0.05) is 12.1 Å². The van der Waals surface area contributed by atoms with Gasteiger partial charge < -0.3 is 15.2 Å². The fraction of sp³-hybridized carbons (Fsp3) is 0.188. The first-order chi connectivity index (χ1) is 10.6. The van der Waals surface area contributed by atoms with Crippen molar-refractivity contribution < 1.29 is 19.1 Å². The molecule has 6 heteroatoms. The molecule has 0 bridgehead atoms. The zero-order valence-corrected chi connectivity index (χ0v) is 12.7. The van der Waals surface area contributed by atoms with E-state index in [9.17, 15) is 4.79 Å². The molecule has 0 aliphatic rings. The van der Waals surface area contributed by atoms with E-state index in [-0.39, 0.29) is 0 Å². The number of rotatable bonds is 6. The van der Waals surface area contributed by atoms with Crippen LogP contribution in [-0.2, 0) is 4.84 Å². The molecule has 0 aromatic heterocycles. The third kappa shape index (κ3) is 2.96. The number of benzene rings is 2. The minimum atomic E-state index is -0.504. The topological polar surface area (TPSA) is 74.0 Å². The van der Waals surface area contributed by atoms with E-state index in [2.05, 4.69) is 0 Å². The highest BCUT2D eigenvalue weighted by Crippen LogP contribution is 2.40. The highest BCUT2D eigenvalue weighted by atomic mass is 16.7. The molecule has 0 saturated carbocycles. The SMILES string of the molecule is COc1cccc(N(OC)c2cccc(C(N)=O)c2)c1OC. The Hall–Kier alpha value is -2.73. The monoisotopic (exact) mass is 302 g/mol. The van der Waals surface area contributed by atoms with Gasteiger partial charge in [-0.2, -0.15) is 0 Å². The summed E-state index contributed by atoms with van der Waals surface area (Å²) < 4.78 is 10.7. The largest absolute Gasteiger partial charge is 0.493 e. The second-order valence-corrected chi connectivity index (χ2v) is 4.40. The summed E-state index contributed by atoms with van der Waals surface area (Å²) in [5.74, 6) is 0.597. The molecule has 0 fully saturated rings. The highest BCUT2D eigenvalue weighted by molar-refractivity contribution is 5.94. The molecule has 22 heavy (non-hydrogen) atoms. The van der Waals surface area contributed by atoms with Gasteiger partial charge in [0.05, 0.1) is 27.0 Å². The lowest BCUT2D eigenvalue weighted by molar-refractivity contribution is 0.1000. The molecule has 0 aliphatic carbocycles. The van der Waals surface area contributed by atoms with Gasteiger partial charge in [-0.25, -0.2) is 5.06 Å². The summed E-state index contributed by atoms with van der Waals surface area (Å²) in [4.78, 5) is 16.8. The van der Waals surface area contributed by atoms with Crippen molar-refractivity contribution in [3.05, 3.63) is 48.0 Å². The van der Waals surface area contributed by atoms with E-state index in [1.165, 1.54) is 12.2 Å². The average Bonchev–Trinajstić information content (AvgIpc) is 2.55. The van der Waals surface area contributed by atoms with E-state index in [1.807, 2.05) is 12.1 Å². The first-order valence-electron chi connectivity index (χ1n) is 6.57. The van der Waals surface area contributed by atoms with Crippen LogP contribution in [0.4, 0.5) is 11.4 Å². The quantitative estimate of drug-likeness (QED) is 0.830. The Morgan fingerprint density at radius 2 is 1.77 bits per heavy atom. The maximum Gasteiger partial charge on any atom is 0.248 e. The summed E-state index contributed by atoms with van der Waals surface area (Å²) in [6.07, 6.45) is 0. The second kappa shape index (κ2) is 6.82. The predicted molar refractivity (Wildman–Crippen MR) is 83.7 cm³/mol. The first-order valence-corrected chi connectivity index (χ1v) is 6.57. The normalized spacial score (nSPS) is 10.1. The van der Waals surface area contributed by atoms with Crippen LogP contribution in [0.25, 0.3) is 0 Å². The zero-order valence-electron chi connectivity index (χ0n) is 12.7. The van der Waals surface area contributed by atoms with Crippen LogP contribution >= 0.6 is 0 Å². The summed E-state index contributed by atoms with van der Waals surface area (Å²) in [5.41, 5.74) is 7.00. The number of primary amides is 1. The number of para-hydroxylation sites is 1. The van der Waals surface area contributed by atoms with Crippen molar-refractivity contribution >= 4 is 17.3 Å². The Morgan fingerprint density at radius 3 is 2.36 bits per heavy atom. The number of carbonyl (C=O) groups is 1. The van der Waals surface area contributed by atoms with Gasteiger partial charge in [-0.3, -0.25) is 9.63 Å². The van der Waals surface area contributed by atoms with Gasteiger partial charge >= 0.3 is 0 Å². The van der Waals surface area contributed by atoms with Crippen molar-refractivity contribution in [2.24, 2.45) is 5.73 Å². The summed E-state index contributed by atoms with van der Waals surface area (Å²) in [5, 5.41) is 1.54. The molecular weight excluding hydrogens is 284 g/mol. The predicted octanol–water partition coefficient (Wildman–Crippen LogP) is 2.50.